The fraction of sp³-hybridized carbons (Fsp3) is 0.200. The maximum absolute atomic E-state index is 3.91. The molecule has 0 aliphatic heterocycles. The van der Waals surface area contributed by atoms with Gasteiger partial charge in [0, 0.05) is 4.83 Å². The molecule has 1 atom stereocenters. The van der Waals surface area contributed by atoms with E-state index in [2.05, 4.69) is 90.4 Å². The summed E-state index contributed by atoms with van der Waals surface area (Å²) >= 11 is 3.91. The van der Waals surface area contributed by atoms with Crippen LogP contribution in [-0.4, -0.2) is 0 Å². The van der Waals surface area contributed by atoms with Crippen molar-refractivity contribution in [2.45, 2.75) is 25.1 Å². The molecular formula is C20H19Br. The van der Waals surface area contributed by atoms with E-state index in [4.69, 9.17) is 0 Å². The lowest BCUT2D eigenvalue weighted by Gasteiger charge is -2.16. The summed E-state index contributed by atoms with van der Waals surface area (Å²) in [6, 6.07) is 21.9. The molecule has 0 aliphatic carbocycles. The number of benzene rings is 3. The molecule has 0 bridgehead atoms. The Hall–Kier alpha value is -1.60. The predicted molar refractivity (Wildman–Crippen MR) is 95.2 cm³/mol. The first-order chi connectivity index (χ1) is 10.1. The summed E-state index contributed by atoms with van der Waals surface area (Å²) in [4.78, 5) is 0.339. The standard InChI is InChI=1S/C20H19Br/c1-14-7-10-16(11-8-14)13-19(21)20-15(2)9-12-17-5-3-4-6-18(17)20/h3-12,19H,13H2,1-2H3. The normalized spacial score (nSPS) is 12.5. The lowest BCUT2D eigenvalue weighted by molar-refractivity contribution is 0.947. The van der Waals surface area contributed by atoms with Crippen LogP contribution in [-0.2, 0) is 6.42 Å². The van der Waals surface area contributed by atoms with Gasteiger partial charge in [-0.1, -0.05) is 82.2 Å². The molecule has 21 heavy (non-hydrogen) atoms. The van der Waals surface area contributed by atoms with Crippen LogP contribution in [0, 0.1) is 13.8 Å². The molecule has 0 saturated carbocycles. The molecule has 0 nitrogen and oxygen atoms in total. The van der Waals surface area contributed by atoms with Gasteiger partial charge in [0.05, 0.1) is 0 Å². The third-order valence-electron chi connectivity index (χ3n) is 4.04. The highest BCUT2D eigenvalue weighted by Crippen LogP contribution is 2.35. The van der Waals surface area contributed by atoms with Crippen molar-refractivity contribution in [1.82, 2.24) is 0 Å². The molecule has 0 spiro atoms. The second-order valence-corrected chi connectivity index (χ2v) is 6.78. The fourth-order valence-corrected chi connectivity index (χ4v) is 3.84. The first-order valence-corrected chi connectivity index (χ1v) is 8.24. The molecule has 1 unspecified atom stereocenters. The number of rotatable bonds is 3. The van der Waals surface area contributed by atoms with E-state index in [1.54, 1.807) is 0 Å². The largest absolute Gasteiger partial charge is 0.0835 e. The molecule has 0 N–H and O–H groups in total. The van der Waals surface area contributed by atoms with Gasteiger partial charge in [-0.3, -0.25) is 0 Å². The second-order valence-electron chi connectivity index (χ2n) is 5.67. The van der Waals surface area contributed by atoms with Crippen LogP contribution >= 0.6 is 15.9 Å². The Balaban J connectivity index is 1.99. The number of alkyl halides is 1. The van der Waals surface area contributed by atoms with Crippen LogP contribution in [0.25, 0.3) is 10.8 Å². The van der Waals surface area contributed by atoms with E-state index in [0.29, 0.717) is 4.83 Å². The van der Waals surface area contributed by atoms with Gasteiger partial charge in [0.15, 0.2) is 0 Å². The molecule has 0 fully saturated rings. The van der Waals surface area contributed by atoms with E-state index in [1.807, 2.05) is 0 Å². The Bertz CT molecular complexity index is 756. The van der Waals surface area contributed by atoms with Gasteiger partial charge in [0.2, 0.25) is 0 Å². The van der Waals surface area contributed by atoms with E-state index in [1.165, 1.54) is 33.0 Å². The van der Waals surface area contributed by atoms with Crippen LogP contribution in [0.15, 0.2) is 60.7 Å². The summed E-state index contributed by atoms with van der Waals surface area (Å²) in [5.74, 6) is 0. The van der Waals surface area contributed by atoms with Gasteiger partial charge in [-0.25, -0.2) is 0 Å². The molecule has 3 rings (SSSR count). The minimum absolute atomic E-state index is 0.339. The zero-order chi connectivity index (χ0) is 14.8. The number of aryl methyl sites for hydroxylation is 2. The number of hydrogen-bond acceptors (Lipinski definition) is 0. The summed E-state index contributed by atoms with van der Waals surface area (Å²) in [6.45, 7) is 4.33. The van der Waals surface area contributed by atoms with Crippen molar-refractivity contribution < 1.29 is 0 Å². The van der Waals surface area contributed by atoms with Crippen molar-refractivity contribution in [3.05, 3.63) is 82.9 Å². The number of halogens is 1. The van der Waals surface area contributed by atoms with Gasteiger partial charge in [-0.05, 0) is 47.7 Å². The van der Waals surface area contributed by atoms with E-state index in [-0.39, 0.29) is 0 Å². The van der Waals surface area contributed by atoms with Gasteiger partial charge < -0.3 is 0 Å². The summed E-state index contributed by atoms with van der Waals surface area (Å²) in [5, 5.41) is 2.66. The van der Waals surface area contributed by atoms with Crippen molar-refractivity contribution in [3.63, 3.8) is 0 Å². The van der Waals surface area contributed by atoms with Gasteiger partial charge in [0.1, 0.15) is 0 Å². The van der Waals surface area contributed by atoms with Gasteiger partial charge in [-0.15, -0.1) is 0 Å². The number of fused-ring (bicyclic) bond motifs is 1. The van der Waals surface area contributed by atoms with Crippen molar-refractivity contribution in [3.8, 4) is 0 Å². The quantitative estimate of drug-likeness (QED) is 0.503. The SMILES string of the molecule is Cc1ccc(CC(Br)c2c(C)ccc3ccccc23)cc1. The highest BCUT2D eigenvalue weighted by atomic mass is 79.9. The molecule has 1 heteroatoms. The molecule has 0 radical (unpaired) electrons. The molecule has 0 saturated heterocycles. The van der Waals surface area contributed by atoms with Crippen LogP contribution in [0.5, 0.6) is 0 Å². The third-order valence-corrected chi connectivity index (χ3v) is 4.82. The minimum atomic E-state index is 0.339. The molecule has 3 aromatic rings. The lowest BCUT2D eigenvalue weighted by Crippen LogP contribution is -1.99. The Kier molecular flexibility index (Phi) is 4.12. The highest BCUT2D eigenvalue weighted by Gasteiger charge is 2.14. The van der Waals surface area contributed by atoms with Gasteiger partial charge in [0.25, 0.3) is 0 Å². The van der Waals surface area contributed by atoms with E-state index in [0.717, 1.165) is 6.42 Å². The summed E-state index contributed by atoms with van der Waals surface area (Å²) in [7, 11) is 0. The highest BCUT2D eigenvalue weighted by molar-refractivity contribution is 9.09. The zero-order valence-corrected chi connectivity index (χ0v) is 14.0. The van der Waals surface area contributed by atoms with Crippen LogP contribution in [0.3, 0.4) is 0 Å². The smallest absolute Gasteiger partial charge is 0.0444 e. The van der Waals surface area contributed by atoms with Gasteiger partial charge in [-0.2, -0.15) is 0 Å². The Morgan fingerprint density at radius 3 is 2.33 bits per heavy atom. The van der Waals surface area contributed by atoms with Crippen LogP contribution in [0.1, 0.15) is 27.1 Å². The fourth-order valence-electron chi connectivity index (χ4n) is 2.85. The van der Waals surface area contributed by atoms with Crippen molar-refractivity contribution >= 4 is 26.7 Å². The Morgan fingerprint density at radius 1 is 0.857 bits per heavy atom. The monoisotopic (exact) mass is 338 g/mol. The third kappa shape index (κ3) is 3.03. The molecule has 3 aromatic carbocycles. The molecular weight excluding hydrogens is 320 g/mol. The van der Waals surface area contributed by atoms with Crippen LogP contribution in [0.2, 0.25) is 0 Å². The van der Waals surface area contributed by atoms with Gasteiger partial charge >= 0.3 is 0 Å². The molecule has 106 valence electrons. The predicted octanol–water partition coefficient (Wildman–Crippen LogP) is 6.14. The van der Waals surface area contributed by atoms with Crippen molar-refractivity contribution in [1.29, 1.82) is 0 Å². The van der Waals surface area contributed by atoms with E-state index >= 15 is 0 Å². The van der Waals surface area contributed by atoms with E-state index in [9.17, 15) is 0 Å². The van der Waals surface area contributed by atoms with E-state index < -0.39 is 0 Å². The van der Waals surface area contributed by atoms with Crippen LogP contribution in [0.4, 0.5) is 0 Å². The first kappa shape index (κ1) is 14.3. The summed E-state index contributed by atoms with van der Waals surface area (Å²) < 4.78 is 0. The molecule has 0 amide bonds. The zero-order valence-electron chi connectivity index (χ0n) is 12.4. The maximum Gasteiger partial charge on any atom is 0.0444 e. The average Bonchev–Trinajstić information content (AvgIpc) is 2.49. The molecule has 0 heterocycles. The Labute approximate surface area is 134 Å². The van der Waals surface area contributed by atoms with Crippen molar-refractivity contribution in [2.75, 3.05) is 0 Å². The summed E-state index contributed by atoms with van der Waals surface area (Å²) in [6.07, 6.45) is 1.01. The van der Waals surface area contributed by atoms with Crippen molar-refractivity contribution in [2.24, 2.45) is 0 Å². The second kappa shape index (κ2) is 6.03. The Morgan fingerprint density at radius 2 is 1.57 bits per heavy atom. The number of hydrogen-bond donors (Lipinski definition) is 0. The lowest BCUT2D eigenvalue weighted by atomic mass is 9.94. The van der Waals surface area contributed by atoms with Crippen LogP contribution < -0.4 is 0 Å². The first-order valence-electron chi connectivity index (χ1n) is 7.33. The average molecular weight is 339 g/mol. The molecule has 0 aliphatic rings. The topological polar surface area (TPSA) is 0 Å². The minimum Gasteiger partial charge on any atom is -0.0835 e. The summed E-state index contributed by atoms with van der Waals surface area (Å²) in [5.41, 5.74) is 5.44. The molecule has 0 aromatic heterocycles. The maximum atomic E-state index is 3.91.